The van der Waals surface area contributed by atoms with E-state index in [1.165, 1.54) is 11.1 Å². The Balaban J connectivity index is 1.51. The fourth-order valence-corrected chi connectivity index (χ4v) is 2.66. The smallest absolute Gasteiger partial charge is 0.338 e. The van der Waals surface area contributed by atoms with Gasteiger partial charge in [-0.05, 0) is 30.9 Å². The standard InChI is InChI=1S/C15H17NO4/c1-2-19-15(18)13-12(20-13)14(17)16-11-7-9-5-3-4-6-10(9)8-11/h3-6,11-13H,2,7-8H2,1H3,(H,16,17). The first-order chi connectivity index (χ1) is 9.69. The summed E-state index contributed by atoms with van der Waals surface area (Å²) in [5.41, 5.74) is 2.55. The lowest BCUT2D eigenvalue weighted by Crippen LogP contribution is -2.39. The number of carbonyl (C=O) groups is 2. The number of hydrogen-bond donors (Lipinski definition) is 1. The molecule has 1 heterocycles. The Morgan fingerprint density at radius 2 is 1.90 bits per heavy atom. The normalized spacial score (nSPS) is 24.1. The number of benzene rings is 1. The van der Waals surface area contributed by atoms with E-state index in [9.17, 15) is 9.59 Å². The van der Waals surface area contributed by atoms with Crippen molar-refractivity contribution < 1.29 is 19.1 Å². The Morgan fingerprint density at radius 1 is 1.25 bits per heavy atom. The van der Waals surface area contributed by atoms with Crippen LogP contribution in [0.5, 0.6) is 0 Å². The van der Waals surface area contributed by atoms with E-state index in [2.05, 4.69) is 17.4 Å². The fraction of sp³-hybridized carbons (Fsp3) is 0.467. The molecule has 1 aliphatic heterocycles. The summed E-state index contributed by atoms with van der Waals surface area (Å²) in [4.78, 5) is 23.4. The van der Waals surface area contributed by atoms with E-state index in [0.717, 1.165) is 12.8 Å². The number of ether oxygens (including phenoxy) is 2. The molecule has 2 aliphatic rings. The van der Waals surface area contributed by atoms with Crippen LogP contribution in [0.15, 0.2) is 24.3 Å². The van der Waals surface area contributed by atoms with Gasteiger partial charge in [0.25, 0.3) is 5.91 Å². The average molecular weight is 275 g/mol. The maximum atomic E-state index is 12.0. The van der Waals surface area contributed by atoms with Crippen LogP contribution in [0.25, 0.3) is 0 Å². The number of nitrogens with one attached hydrogen (secondary N) is 1. The molecular weight excluding hydrogens is 258 g/mol. The summed E-state index contributed by atoms with van der Waals surface area (Å²) < 4.78 is 9.92. The van der Waals surface area contributed by atoms with Crippen molar-refractivity contribution in [2.24, 2.45) is 0 Å². The van der Waals surface area contributed by atoms with Crippen LogP contribution in [-0.2, 0) is 31.9 Å². The molecule has 2 atom stereocenters. The van der Waals surface area contributed by atoms with Gasteiger partial charge < -0.3 is 14.8 Å². The predicted octanol–water partition coefficient (Wildman–Crippen LogP) is 0.600. The number of amides is 1. The third-order valence-corrected chi connectivity index (χ3v) is 3.67. The summed E-state index contributed by atoms with van der Waals surface area (Å²) in [6.07, 6.45) is 0.258. The highest BCUT2D eigenvalue weighted by atomic mass is 16.6. The number of esters is 1. The summed E-state index contributed by atoms with van der Waals surface area (Å²) in [5.74, 6) is -0.678. The van der Waals surface area contributed by atoms with Gasteiger partial charge in [0.15, 0.2) is 12.2 Å². The van der Waals surface area contributed by atoms with Crippen LogP contribution >= 0.6 is 0 Å². The Bertz CT molecular complexity index is 517. The van der Waals surface area contributed by atoms with Crippen molar-refractivity contribution in [3.8, 4) is 0 Å². The number of hydrogen-bond acceptors (Lipinski definition) is 4. The van der Waals surface area contributed by atoms with Gasteiger partial charge in [-0.2, -0.15) is 0 Å². The lowest BCUT2D eigenvalue weighted by Gasteiger charge is -2.10. The van der Waals surface area contributed by atoms with Gasteiger partial charge in [0, 0.05) is 6.04 Å². The number of fused-ring (bicyclic) bond motifs is 1. The van der Waals surface area contributed by atoms with Crippen LogP contribution in [-0.4, -0.2) is 36.7 Å². The maximum Gasteiger partial charge on any atom is 0.338 e. The van der Waals surface area contributed by atoms with Crippen LogP contribution in [0.4, 0.5) is 0 Å². The molecule has 0 bridgehead atoms. The molecule has 1 aromatic carbocycles. The number of carbonyl (C=O) groups excluding carboxylic acids is 2. The van der Waals surface area contributed by atoms with Gasteiger partial charge in [0.05, 0.1) is 6.61 Å². The minimum absolute atomic E-state index is 0.0898. The Labute approximate surface area is 117 Å². The molecule has 0 spiro atoms. The summed E-state index contributed by atoms with van der Waals surface area (Å²) in [7, 11) is 0. The second-order valence-corrected chi connectivity index (χ2v) is 5.11. The summed E-state index contributed by atoms with van der Waals surface area (Å²) >= 11 is 0. The second-order valence-electron chi connectivity index (χ2n) is 5.11. The maximum absolute atomic E-state index is 12.0. The highest BCUT2D eigenvalue weighted by Crippen LogP contribution is 2.26. The molecule has 1 amide bonds. The van der Waals surface area contributed by atoms with E-state index >= 15 is 0 Å². The molecule has 5 nitrogen and oxygen atoms in total. The van der Waals surface area contributed by atoms with Crippen LogP contribution in [0.1, 0.15) is 18.1 Å². The van der Waals surface area contributed by atoms with E-state index < -0.39 is 18.2 Å². The quantitative estimate of drug-likeness (QED) is 0.645. The van der Waals surface area contributed by atoms with Gasteiger partial charge >= 0.3 is 5.97 Å². The van der Waals surface area contributed by atoms with Crippen molar-refractivity contribution in [2.45, 2.75) is 38.0 Å². The molecule has 0 radical (unpaired) electrons. The molecule has 1 N–H and O–H groups in total. The van der Waals surface area contributed by atoms with Crippen molar-refractivity contribution in [2.75, 3.05) is 6.61 Å². The van der Waals surface area contributed by atoms with Crippen LogP contribution in [0.3, 0.4) is 0 Å². The summed E-state index contributed by atoms with van der Waals surface area (Å²) in [6, 6.07) is 8.26. The topological polar surface area (TPSA) is 67.9 Å². The molecule has 1 fully saturated rings. The molecule has 0 aromatic heterocycles. The SMILES string of the molecule is CCOC(=O)C1OC1C(=O)NC1Cc2ccccc2C1. The highest BCUT2D eigenvalue weighted by molar-refractivity contribution is 5.92. The molecule has 106 valence electrons. The van der Waals surface area contributed by atoms with Gasteiger partial charge in [0.1, 0.15) is 0 Å². The highest BCUT2D eigenvalue weighted by Gasteiger charge is 2.51. The number of rotatable bonds is 4. The third-order valence-electron chi connectivity index (χ3n) is 3.67. The fourth-order valence-electron chi connectivity index (χ4n) is 2.66. The minimum Gasteiger partial charge on any atom is -0.464 e. The van der Waals surface area contributed by atoms with E-state index in [1.54, 1.807) is 6.92 Å². The number of epoxide rings is 1. The largest absolute Gasteiger partial charge is 0.464 e. The zero-order valence-corrected chi connectivity index (χ0v) is 11.3. The van der Waals surface area contributed by atoms with Gasteiger partial charge in [-0.25, -0.2) is 4.79 Å². The molecule has 5 heteroatoms. The van der Waals surface area contributed by atoms with Crippen LogP contribution in [0, 0.1) is 0 Å². The van der Waals surface area contributed by atoms with Crippen molar-refractivity contribution in [1.82, 2.24) is 5.32 Å². The van der Waals surface area contributed by atoms with Crippen molar-refractivity contribution >= 4 is 11.9 Å². The Morgan fingerprint density at radius 3 is 2.50 bits per heavy atom. The van der Waals surface area contributed by atoms with Crippen molar-refractivity contribution in [1.29, 1.82) is 0 Å². The van der Waals surface area contributed by atoms with Gasteiger partial charge in [-0.3, -0.25) is 4.79 Å². The first kappa shape index (κ1) is 13.1. The summed E-state index contributed by atoms with van der Waals surface area (Å²) in [5, 5.41) is 2.94. The average Bonchev–Trinajstić information content (AvgIpc) is 3.13. The van der Waals surface area contributed by atoms with Gasteiger partial charge in [0.2, 0.25) is 0 Å². The zero-order valence-electron chi connectivity index (χ0n) is 11.3. The lowest BCUT2D eigenvalue weighted by molar-refractivity contribution is -0.144. The first-order valence-electron chi connectivity index (χ1n) is 6.88. The van der Waals surface area contributed by atoms with E-state index in [0.29, 0.717) is 6.61 Å². The summed E-state index contributed by atoms with van der Waals surface area (Å²) in [6.45, 7) is 2.02. The second kappa shape index (κ2) is 5.25. The van der Waals surface area contributed by atoms with Gasteiger partial charge in [-0.1, -0.05) is 24.3 Å². The molecule has 3 rings (SSSR count). The van der Waals surface area contributed by atoms with E-state index in [1.807, 2.05) is 12.1 Å². The Kier molecular flexibility index (Phi) is 3.44. The molecule has 20 heavy (non-hydrogen) atoms. The molecule has 1 aromatic rings. The van der Waals surface area contributed by atoms with Crippen LogP contribution < -0.4 is 5.32 Å². The van der Waals surface area contributed by atoms with Crippen molar-refractivity contribution in [3.05, 3.63) is 35.4 Å². The van der Waals surface area contributed by atoms with Gasteiger partial charge in [-0.15, -0.1) is 0 Å². The Hall–Kier alpha value is -1.88. The molecule has 0 saturated carbocycles. The van der Waals surface area contributed by atoms with E-state index in [4.69, 9.17) is 9.47 Å². The van der Waals surface area contributed by atoms with Crippen LogP contribution in [0.2, 0.25) is 0 Å². The zero-order chi connectivity index (χ0) is 14.1. The molecule has 2 unspecified atom stereocenters. The lowest BCUT2D eigenvalue weighted by atomic mass is 10.1. The molecule has 1 saturated heterocycles. The third kappa shape index (κ3) is 2.54. The first-order valence-corrected chi connectivity index (χ1v) is 6.88. The molecule has 1 aliphatic carbocycles. The minimum atomic E-state index is -0.723. The molecular formula is C15H17NO4. The monoisotopic (exact) mass is 275 g/mol. The predicted molar refractivity (Wildman–Crippen MR) is 71.1 cm³/mol. The van der Waals surface area contributed by atoms with Crippen molar-refractivity contribution in [3.63, 3.8) is 0 Å². The van der Waals surface area contributed by atoms with E-state index in [-0.39, 0.29) is 11.9 Å².